The Bertz CT molecular complexity index is 4010. The molecule has 5 saturated heterocycles. The Labute approximate surface area is 859 Å². The van der Waals surface area contributed by atoms with E-state index in [2.05, 4.69) is 94.6 Å². The van der Waals surface area contributed by atoms with E-state index in [1.165, 1.54) is 64.6 Å². The van der Waals surface area contributed by atoms with Crippen molar-refractivity contribution in [2.75, 3.05) is 184 Å². The van der Waals surface area contributed by atoms with Gasteiger partial charge in [0.15, 0.2) is 0 Å². The summed E-state index contributed by atoms with van der Waals surface area (Å²) in [5, 5.41) is 19.0. The number of carbonyl (C=O) groups is 9. The van der Waals surface area contributed by atoms with Crippen molar-refractivity contribution in [3.8, 4) is 0 Å². The molecule has 10 rings (SSSR count). The van der Waals surface area contributed by atoms with Crippen LogP contribution >= 0.6 is 11.6 Å². The van der Waals surface area contributed by atoms with Crippen LogP contribution in [-0.4, -0.2) is 317 Å². The maximum absolute atomic E-state index is 12.8. The second-order valence-electron chi connectivity index (χ2n) is 35.9. The minimum absolute atomic E-state index is 0. The van der Waals surface area contributed by atoms with Crippen molar-refractivity contribution in [3.05, 3.63) is 148 Å². The van der Waals surface area contributed by atoms with Crippen molar-refractivity contribution in [2.24, 2.45) is 29.4 Å². The predicted molar refractivity (Wildman–Crippen MR) is 546 cm³/mol. The molecule has 0 atom stereocenters. The van der Waals surface area contributed by atoms with Crippen LogP contribution in [0.2, 0.25) is 5.02 Å². The Balaban J connectivity index is 0.00000162. The molecule has 139 heavy (non-hydrogen) atoms. The summed E-state index contributed by atoms with van der Waals surface area (Å²) >= 11 is 5.93. The Hall–Kier alpha value is -8.32. The number of nitrogens with two attached hydrogens (primary N) is 1. The van der Waals surface area contributed by atoms with Crippen molar-refractivity contribution in [1.29, 1.82) is 0 Å². The van der Waals surface area contributed by atoms with Gasteiger partial charge in [0.25, 0.3) is 17.9 Å². The number of ether oxygens (including phenoxy) is 6. The minimum Gasteiger partial charge on any atom is -0.702 e. The summed E-state index contributed by atoms with van der Waals surface area (Å²) in [4.78, 5) is 124. The average Bonchev–Trinajstić information content (AvgIpc) is 0.955. The number of aromatic nitrogens is 1. The smallest absolute Gasteiger partial charge is 0.702 e. The number of carboxylic acid groups (broad SMARTS) is 1. The molecule has 4 aromatic carbocycles. The van der Waals surface area contributed by atoms with Crippen LogP contribution in [0.3, 0.4) is 0 Å². The molecule has 5 aliphatic heterocycles. The molecule has 5 fully saturated rings. The molecule has 5 aromatic rings. The van der Waals surface area contributed by atoms with Gasteiger partial charge < -0.3 is 108 Å². The Morgan fingerprint density at radius 3 is 1.20 bits per heavy atom. The summed E-state index contributed by atoms with van der Waals surface area (Å²) in [6, 6.07) is 35.3. The number of aldehydes is 1. The number of unbranched alkanes of at least 4 members (excludes halogenated alkanes) is 1. The standard InChI is InChI=1S/C25H41N3O4.C21H34N2O2.C17H35N3O2.C14H17NO3.C10H7ClFN.C6H16N2.C4H6BO4.C4H8O.C2H4O2.CH4O.Na/c1-6-26(7-2)17-18-28(24(30)32-25(3,4)5)19-21-13-15-27(16-14-21)23(29)31-20-22-11-9-8-10-12-22;1-3-22(4-2)15-9-8-10-19-13-16-23(17-14-19)21(24)25-18-20-11-6-5-7-12-20;1-6-19(7-2)12-13-20(16(21)22-17(3,4)5)14-15-8-10-18-11-9-15;16-10-12-6-8-15(9-7-12)14(17)18-11-13-4-2-1-3-5-13;1-6-4-9(11)8-5-7(12)2-3-10(8)13-6;1-3-8(4-2)6-5-7;1-3(6)8-5-9-4(2)7;1-2-4-5-3-1;1-2(3)4;1-2;/h8-12,21H,6-7,13-20H2,1-5H3;5-7,11-12,19H,3-4,8-10,13-18H2,1-2H3;15,18H,6-14H2,1-5H3;1-5,10,12H,6-9,11H2;2-5H,1H3;3-7H2,1-2H3;1-2H3;1-4H2;1H3,(H,3,4);2H,1H3;/q;;;;;;-1;;;;+1. The molecule has 0 aliphatic carbocycles. The van der Waals surface area contributed by atoms with Crippen LogP contribution in [0.5, 0.6) is 0 Å². The molecule has 5 amide bonds. The number of carboxylic acids is 1. The second-order valence-corrected chi connectivity index (χ2v) is 36.3. The first-order valence-electron chi connectivity index (χ1n) is 49.6. The van der Waals surface area contributed by atoms with Crippen molar-refractivity contribution < 1.29 is 125 Å². The van der Waals surface area contributed by atoms with Gasteiger partial charge in [-0.05, 0) is 250 Å². The number of aliphatic carboxylic acids is 1. The molecular weight excluding hydrogens is 1810 g/mol. The predicted octanol–water partition coefficient (Wildman–Crippen LogP) is 14.7. The summed E-state index contributed by atoms with van der Waals surface area (Å²) in [7, 11) is 1.70. The minimum atomic E-state index is -0.833. The largest absolute Gasteiger partial charge is 1.00 e. The van der Waals surface area contributed by atoms with Crippen LogP contribution in [0.1, 0.15) is 224 Å². The summed E-state index contributed by atoms with van der Waals surface area (Å²) < 4.78 is 53.5. The normalized spacial score (nSPS) is 14.3. The second kappa shape index (κ2) is 79.2. The van der Waals surface area contributed by atoms with Crippen LogP contribution in [0.15, 0.2) is 115 Å². The van der Waals surface area contributed by atoms with Gasteiger partial charge in [-0.25, -0.2) is 28.4 Å². The van der Waals surface area contributed by atoms with Crippen molar-refractivity contribution in [1.82, 2.24) is 54.4 Å². The number of aryl methyl sites for hydroxylation is 1. The number of nitrogens with one attached hydrogen (secondary N) is 1. The van der Waals surface area contributed by atoms with Crippen molar-refractivity contribution in [3.63, 3.8) is 0 Å². The van der Waals surface area contributed by atoms with Gasteiger partial charge in [0, 0.05) is 150 Å². The number of carbonyl (C=O) groups excluding carboxylic acids is 8. The molecule has 0 unspecified atom stereocenters. The first-order valence-corrected chi connectivity index (χ1v) is 50.0. The number of likely N-dealkylation sites (tertiary alicyclic amines) is 3. The number of rotatable bonds is 34. The van der Waals surface area contributed by atoms with Crippen LogP contribution in [0, 0.1) is 36.4 Å². The number of hydrogen-bond donors (Lipinski definition) is 4. The van der Waals surface area contributed by atoms with E-state index >= 15 is 0 Å². The number of fused-ring (bicyclic) bond motifs is 1. The monoisotopic (exact) mass is 1980 g/mol. The molecule has 31 nitrogen and oxygen atoms in total. The van der Waals surface area contributed by atoms with E-state index in [1.54, 1.807) is 21.9 Å². The van der Waals surface area contributed by atoms with E-state index in [0.29, 0.717) is 82.4 Å². The Morgan fingerprint density at radius 2 is 0.871 bits per heavy atom. The first-order chi connectivity index (χ1) is 66.0. The molecular formula is C104H172BClFN12NaO19. The maximum atomic E-state index is 12.8. The van der Waals surface area contributed by atoms with Crippen molar-refractivity contribution in [2.45, 2.75) is 239 Å². The van der Waals surface area contributed by atoms with Gasteiger partial charge in [0.05, 0.1) is 10.5 Å². The van der Waals surface area contributed by atoms with Gasteiger partial charge >= 0.3 is 60.0 Å². The third-order valence-corrected chi connectivity index (χ3v) is 23.2. The molecule has 2 radical (unpaired) electrons. The van der Waals surface area contributed by atoms with Gasteiger partial charge in [0.1, 0.15) is 50.8 Å². The quantitative estimate of drug-likeness (QED) is 0.0129. The molecule has 1 aromatic heterocycles. The van der Waals surface area contributed by atoms with Crippen LogP contribution in [0.25, 0.3) is 10.9 Å². The Kier molecular flexibility index (Phi) is 74.4. The Morgan fingerprint density at radius 1 is 0.518 bits per heavy atom. The molecule has 5 N–H and O–H groups in total. The van der Waals surface area contributed by atoms with Gasteiger partial charge in [-0.3, -0.25) is 19.4 Å². The molecule has 5 aliphatic rings. The van der Waals surface area contributed by atoms with E-state index in [4.69, 9.17) is 60.8 Å². The number of benzene rings is 4. The third-order valence-electron chi connectivity index (χ3n) is 22.9. The zero-order valence-corrected chi connectivity index (χ0v) is 90.7. The summed E-state index contributed by atoms with van der Waals surface area (Å²) in [6.07, 6.45) is 14.0. The number of halogens is 2. The zero-order valence-electron chi connectivity index (χ0n) is 88.0. The van der Waals surface area contributed by atoms with Crippen molar-refractivity contribution >= 4 is 84.8 Å². The number of pyridine rings is 1. The number of hydrogen-bond acceptors (Lipinski definition) is 25. The molecule has 0 bridgehead atoms. The number of likely N-dealkylation sites (N-methyl/N-ethyl adjacent to an activating group) is 3. The van der Waals surface area contributed by atoms with Crippen LogP contribution in [0.4, 0.5) is 28.4 Å². The number of amides is 5. The molecule has 6 heterocycles. The maximum Gasteiger partial charge on any atom is 1.00 e. The average molecular weight is 1980 g/mol. The molecule has 0 saturated carbocycles. The van der Waals surface area contributed by atoms with Crippen LogP contribution in [-0.2, 0) is 76.7 Å². The zero-order chi connectivity index (χ0) is 103. The topological polar surface area (TPSA) is 348 Å². The fourth-order valence-electron chi connectivity index (χ4n) is 14.8. The number of aliphatic hydroxyl groups is 1. The number of piperidine rings is 4. The van der Waals surface area contributed by atoms with E-state index < -0.39 is 29.1 Å². The molecule has 0 spiro atoms. The van der Waals surface area contributed by atoms with E-state index in [0.717, 1.165) is 237 Å². The molecule has 780 valence electrons. The summed E-state index contributed by atoms with van der Waals surface area (Å²) in [6.45, 7) is 59.6. The van der Waals surface area contributed by atoms with Gasteiger partial charge in [-0.15, -0.1) is 0 Å². The molecule has 35 heteroatoms. The summed E-state index contributed by atoms with van der Waals surface area (Å²) in [5.74, 6) is -0.353. The SMILES string of the molecule is C1CCOC1.CC(=O)O.CC(=O)O[B-]OC(C)=O.CCN(CC)CCCCC1CCN(C(=O)OCc2ccccc2)CC1.CCN(CC)CCN.CCN(CC)CCN(CC1CCN(C(=O)OCc2ccccc2)CC1)C(=O)OC(C)(C)C.CCN(CC)CCN(CC1CCNCC1)C(=O)OC(C)(C)C.CO.Cc1cc(Cl)c2cc(F)ccc2n1.O=CC1CCN(C(=O)OCc2ccccc2)CC1.[Na+]. The number of aliphatic hydroxyl groups excluding tert-OH is 1. The van der Waals surface area contributed by atoms with E-state index in [-0.39, 0.29) is 78.4 Å². The van der Waals surface area contributed by atoms with Gasteiger partial charge in [-0.2, -0.15) is 0 Å². The van der Waals surface area contributed by atoms with Gasteiger partial charge in [0.2, 0.25) is 0 Å². The fraction of sp³-hybridized carbons (Fsp3) is 0.654. The first kappa shape index (κ1) is 131. The van der Waals surface area contributed by atoms with Crippen LogP contribution < -0.4 is 40.6 Å². The fourth-order valence-corrected chi connectivity index (χ4v) is 15.1. The van der Waals surface area contributed by atoms with E-state index in [1.807, 2.05) is 154 Å². The summed E-state index contributed by atoms with van der Waals surface area (Å²) in [5.41, 5.74) is 8.96. The third kappa shape index (κ3) is 64.8. The van der Waals surface area contributed by atoms with E-state index in [9.17, 15) is 42.7 Å². The number of nitrogens with zero attached hydrogens (tertiary/aromatic N) is 10. The van der Waals surface area contributed by atoms with Gasteiger partial charge in [-0.1, -0.05) is 171 Å².